The molecule has 0 spiro atoms. The fourth-order valence-corrected chi connectivity index (χ4v) is 3.99. The van der Waals surface area contributed by atoms with Crippen LogP contribution < -0.4 is 10.5 Å². The van der Waals surface area contributed by atoms with Gasteiger partial charge in [-0.15, -0.1) is 5.10 Å². The van der Waals surface area contributed by atoms with Crippen molar-refractivity contribution in [1.29, 1.82) is 0 Å². The van der Waals surface area contributed by atoms with E-state index in [1.54, 1.807) is 10.8 Å². The van der Waals surface area contributed by atoms with Gasteiger partial charge in [0.2, 0.25) is 0 Å². The second-order valence-electron chi connectivity index (χ2n) is 7.75. The van der Waals surface area contributed by atoms with Gasteiger partial charge in [0.05, 0.1) is 12.4 Å². The van der Waals surface area contributed by atoms with Gasteiger partial charge in [0.15, 0.2) is 0 Å². The van der Waals surface area contributed by atoms with Crippen molar-refractivity contribution < 1.29 is 14.6 Å². The zero-order valence-electron chi connectivity index (χ0n) is 18.0. The first-order valence-corrected chi connectivity index (χ1v) is 11.5. The highest BCUT2D eigenvalue weighted by Crippen LogP contribution is 2.23. The van der Waals surface area contributed by atoms with E-state index in [4.69, 9.17) is 10.5 Å². The maximum Gasteiger partial charge on any atom is 0.268 e. The Morgan fingerprint density at radius 2 is 2.00 bits per heavy atom. The molecule has 0 unspecified atom stereocenters. The fraction of sp³-hybridized carbons (Fsp3) is 0.250. The molecule has 1 amide bonds. The van der Waals surface area contributed by atoms with Crippen molar-refractivity contribution in [2.75, 3.05) is 0 Å². The average molecular weight is 464 g/mol. The molecule has 0 radical (unpaired) electrons. The second-order valence-corrected chi connectivity index (χ2v) is 8.36. The number of aromatic nitrogens is 4. The van der Waals surface area contributed by atoms with E-state index in [9.17, 15) is 9.90 Å². The average Bonchev–Trinajstić information content (AvgIpc) is 3.51. The molecule has 3 N–H and O–H groups in total. The molecular weight excluding hydrogens is 438 g/mol. The molecule has 4 rings (SSSR count). The molecule has 0 saturated carbocycles. The highest BCUT2D eigenvalue weighted by molar-refractivity contribution is 7.03. The van der Waals surface area contributed by atoms with E-state index >= 15 is 0 Å². The number of aryl methyl sites for hydroxylation is 1. The quantitative estimate of drug-likeness (QED) is 0.352. The van der Waals surface area contributed by atoms with Crippen LogP contribution in [0.25, 0.3) is 11.3 Å². The van der Waals surface area contributed by atoms with Crippen LogP contribution in [-0.2, 0) is 19.6 Å². The first-order valence-electron chi connectivity index (χ1n) is 10.6. The lowest BCUT2D eigenvalue weighted by molar-refractivity contribution is 0.0995. The number of ether oxygens (including phenoxy) is 1. The van der Waals surface area contributed by atoms with E-state index < -0.39 is 12.0 Å². The number of carbonyl (C=O) groups is 1. The van der Waals surface area contributed by atoms with Crippen molar-refractivity contribution in [3.63, 3.8) is 0 Å². The van der Waals surface area contributed by atoms with Crippen LogP contribution in [0.4, 0.5) is 0 Å². The van der Waals surface area contributed by atoms with Gasteiger partial charge in [-0.25, -0.2) is 4.98 Å². The maximum atomic E-state index is 11.1. The van der Waals surface area contributed by atoms with Gasteiger partial charge in [-0.2, -0.15) is 0 Å². The van der Waals surface area contributed by atoms with E-state index in [2.05, 4.69) is 20.6 Å². The van der Waals surface area contributed by atoms with Crippen molar-refractivity contribution in [3.8, 4) is 17.0 Å². The van der Waals surface area contributed by atoms with Gasteiger partial charge in [0.25, 0.3) is 5.91 Å². The third kappa shape index (κ3) is 6.24. The van der Waals surface area contributed by atoms with Gasteiger partial charge in [-0.05, 0) is 48.0 Å². The van der Waals surface area contributed by atoms with Crippen LogP contribution in [0.1, 0.15) is 34.5 Å². The number of amides is 1. The summed E-state index contributed by atoms with van der Waals surface area (Å²) in [4.78, 5) is 15.1. The first-order chi connectivity index (χ1) is 16.1. The van der Waals surface area contributed by atoms with Crippen LogP contribution in [0.15, 0.2) is 66.4 Å². The van der Waals surface area contributed by atoms with Gasteiger partial charge < -0.3 is 20.1 Å². The smallest absolute Gasteiger partial charge is 0.268 e. The molecule has 2 heterocycles. The monoisotopic (exact) mass is 463 g/mol. The van der Waals surface area contributed by atoms with E-state index in [0.29, 0.717) is 19.6 Å². The van der Waals surface area contributed by atoms with Crippen LogP contribution in [0.3, 0.4) is 0 Å². The summed E-state index contributed by atoms with van der Waals surface area (Å²) in [5.74, 6) is 0.271. The summed E-state index contributed by atoms with van der Waals surface area (Å²) in [6.07, 6.45) is 4.72. The fourth-order valence-electron chi connectivity index (χ4n) is 3.52. The lowest BCUT2D eigenvalue weighted by atomic mass is 10.0. The number of nitrogens with two attached hydrogens (primary N) is 1. The van der Waals surface area contributed by atoms with Gasteiger partial charge in [0.1, 0.15) is 23.7 Å². The topological polar surface area (TPSA) is 116 Å². The lowest BCUT2D eigenvalue weighted by Crippen LogP contribution is -2.15. The summed E-state index contributed by atoms with van der Waals surface area (Å²) < 4.78 is 11.7. The van der Waals surface area contributed by atoms with E-state index in [1.807, 2.05) is 47.8 Å². The van der Waals surface area contributed by atoms with Crippen LogP contribution in [0.2, 0.25) is 0 Å². The number of aliphatic hydroxyl groups is 1. The third-order valence-electron chi connectivity index (χ3n) is 5.27. The molecule has 4 aromatic rings. The second kappa shape index (κ2) is 10.8. The van der Waals surface area contributed by atoms with Gasteiger partial charge in [0, 0.05) is 23.7 Å². The van der Waals surface area contributed by atoms with Gasteiger partial charge in [-0.3, -0.25) is 4.79 Å². The standard InChI is InChI=1S/C24H25N5O3S/c25-24(31)21-13-29(16-26-21)12-20(30)6-3-5-19-4-1-2-7-23(19)32-14-17-8-10-18(11-9-17)22-15-33-28-27-22/h1-2,4,7-11,13,15-16,20,30H,3,5-6,12,14H2,(H2,25,31)/t20-/m0/s1. The van der Waals surface area contributed by atoms with Crippen molar-refractivity contribution >= 4 is 17.4 Å². The lowest BCUT2D eigenvalue weighted by Gasteiger charge is -2.14. The Morgan fingerprint density at radius 1 is 1.18 bits per heavy atom. The zero-order chi connectivity index (χ0) is 23.0. The molecule has 0 saturated heterocycles. The van der Waals surface area contributed by atoms with Gasteiger partial charge in [-0.1, -0.05) is 47.0 Å². The molecule has 33 heavy (non-hydrogen) atoms. The predicted molar refractivity (Wildman–Crippen MR) is 126 cm³/mol. The third-order valence-corrected chi connectivity index (χ3v) is 5.77. The Morgan fingerprint density at radius 3 is 2.73 bits per heavy atom. The number of benzene rings is 2. The summed E-state index contributed by atoms with van der Waals surface area (Å²) in [6.45, 7) is 0.837. The molecule has 2 aromatic carbocycles. The first kappa shape index (κ1) is 22.6. The minimum atomic E-state index is -0.576. The zero-order valence-corrected chi connectivity index (χ0v) is 18.8. The molecule has 1 atom stereocenters. The molecule has 0 fully saturated rings. The molecule has 8 nitrogen and oxygen atoms in total. The summed E-state index contributed by atoms with van der Waals surface area (Å²) in [5, 5.41) is 16.4. The minimum absolute atomic E-state index is 0.197. The Bertz CT molecular complexity index is 1180. The highest BCUT2D eigenvalue weighted by Gasteiger charge is 2.10. The number of rotatable bonds is 11. The Balaban J connectivity index is 1.27. The highest BCUT2D eigenvalue weighted by atomic mass is 32.1. The number of aliphatic hydroxyl groups excluding tert-OH is 1. The number of hydrogen-bond acceptors (Lipinski definition) is 7. The van der Waals surface area contributed by atoms with Gasteiger partial charge >= 0.3 is 0 Å². The van der Waals surface area contributed by atoms with Crippen molar-refractivity contribution in [1.82, 2.24) is 19.1 Å². The number of carbonyl (C=O) groups excluding carboxylic acids is 1. The van der Waals surface area contributed by atoms with Crippen LogP contribution in [0.5, 0.6) is 5.75 Å². The molecule has 2 aromatic heterocycles. The van der Waals surface area contributed by atoms with E-state index in [1.165, 1.54) is 17.9 Å². The van der Waals surface area contributed by atoms with Crippen LogP contribution in [-0.4, -0.2) is 36.3 Å². The van der Waals surface area contributed by atoms with Crippen LogP contribution >= 0.6 is 11.5 Å². The molecule has 9 heteroatoms. The molecular formula is C24H25N5O3S. The minimum Gasteiger partial charge on any atom is -0.489 e. The molecule has 0 aliphatic heterocycles. The number of imidazole rings is 1. The predicted octanol–water partition coefficient (Wildman–Crippen LogP) is 3.46. The largest absolute Gasteiger partial charge is 0.489 e. The molecule has 0 bridgehead atoms. The molecule has 0 aliphatic carbocycles. The Kier molecular flexibility index (Phi) is 7.43. The van der Waals surface area contributed by atoms with Crippen LogP contribution in [0, 0.1) is 0 Å². The van der Waals surface area contributed by atoms with Crippen molar-refractivity contribution in [2.24, 2.45) is 5.73 Å². The summed E-state index contributed by atoms with van der Waals surface area (Å²) in [7, 11) is 0. The number of para-hydroxylation sites is 1. The number of nitrogens with zero attached hydrogens (tertiary/aromatic N) is 4. The molecule has 170 valence electrons. The SMILES string of the molecule is NC(=O)c1cn(C[C@@H](O)CCCc2ccccc2OCc2ccc(-c3csnn3)cc2)cn1. The molecule has 0 aliphatic rings. The van der Waals surface area contributed by atoms with Crippen molar-refractivity contribution in [2.45, 2.75) is 38.5 Å². The van der Waals surface area contributed by atoms with E-state index in [0.717, 1.165) is 41.0 Å². The Hall–Kier alpha value is -3.56. The number of hydrogen-bond donors (Lipinski definition) is 2. The van der Waals surface area contributed by atoms with E-state index in [-0.39, 0.29) is 5.69 Å². The number of primary amides is 1. The summed E-state index contributed by atoms with van der Waals surface area (Å²) in [5.41, 5.74) is 9.50. The maximum absolute atomic E-state index is 11.1. The van der Waals surface area contributed by atoms with Crippen molar-refractivity contribution in [3.05, 3.63) is 83.3 Å². The summed E-state index contributed by atoms with van der Waals surface area (Å²) >= 11 is 1.34. The normalized spacial score (nSPS) is 11.9. The Labute approximate surface area is 195 Å². The summed E-state index contributed by atoms with van der Waals surface area (Å²) in [6, 6.07) is 16.1.